The van der Waals surface area contributed by atoms with Crippen molar-refractivity contribution in [2.45, 2.75) is 18.8 Å². The zero-order chi connectivity index (χ0) is 13.9. The molecule has 0 bridgehead atoms. The van der Waals surface area contributed by atoms with Gasteiger partial charge in [-0.15, -0.1) is 0 Å². The maximum atomic E-state index is 12.5. The van der Waals surface area contributed by atoms with E-state index in [1.165, 1.54) is 5.56 Å². The van der Waals surface area contributed by atoms with Crippen LogP contribution in [0.4, 0.5) is 0 Å². The van der Waals surface area contributed by atoms with Crippen molar-refractivity contribution >= 4 is 5.91 Å². The second-order valence-electron chi connectivity index (χ2n) is 5.27. The van der Waals surface area contributed by atoms with E-state index in [9.17, 15) is 4.79 Å². The van der Waals surface area contributed by atoms with E-state index in [0.717, 1.165) is 25.9 Å². The van der Waals surface area contributed by atoms with Crippen molar-refractivity contribution in [1.29, 1.82) is 0 Å². The lowest BCUT2D eigenvalue weighted by molar-refractivity contribution is 0.0707. The lowest BCUT2D eigenvalue weighted by Gasteiger charge is -2.32. The van der Waals surface area contributed by atoms with E-state index < -0.39 is 0 Å². The fourth-order valence-corrected chi connectivity index (χ4v) is 2.76. The molecule has 1 unspecified atom stereocenters. The molecule has 1 aliphatic heterocycles. The van der Waals surface area contributed by atoms with Crippen molar-refractivity contribution in [3.63, 3.8) is 0 Å². The molecule has 20 heavy (non-hydrogen) atoms. The van der Waals surface area contributed by atoms with E-state index in [4.69, 9.17) is 0 Å². The molecule has 1 amide bonds. The van der Waals surface area contributed by atoms with Crippen LogP contribution in [0.3, 0.4) is 0 Å². The van der Waals surface area contributed by atoms with Crippen molar-refractivity contribution in [1.82, 2.24) is 19.7 Å². The van der Waals surface area contributed by atoms with Crippen LogP contribution in [0.25, 0.3) is 0 Å². The Bertz CT molecular complexity index is 593. The quantitative estimate of drug-likeness (QED) is 0.836. The molecule has 1 aliphatic rings. The summed E-state index contributed by atoms with van der Waals surface area (Å²) in [5.41, 5.74) is 1.94. The van der Waals surface area contributed by atoms with Crippen LogP contribution in [-0.4, -0.2) is 38.7 Å². The van der Waals surface area contributed by atoms with Crippen LogP contribution in [0.2, 0.25) is 0 Å². The van der Waals surface area contributed by atoms with Gasteiger partial charge in [0.2, 0.25) is 0 Å². The summed E-state index contributed by atoms with van der Waals surface area (Å²) in [6, 6.07) is 3.55. The van der Waals surface area contributed by atoms with Gasteiger partial charge in [-0.2, -0.15) is 5.10 Å². The molecule has 0 aromatic carbocycles. The molecule has 0 saturated carbocycles. The summed E-state index contributed by atoms with van der Waals surface area (Å²) in [5, 5.41) is 4.22. The molecule has 3 heterocycles. The lowest BCUT2D eigenvalue weighted by Crippen LogP contribution is -2.39. The Morgan fingerprint density at radius 3 is 2.85 bits per heavy atom. The molecule has 2 aromatic rings. The van der Waals surface area contributed by atoms with E-state index in [1.54, 1.807) is 24.5 Å². The Labute approximate surface area is 118 Å². The zero-order valence-corrected chi connectivity index (χ0v) is 11.6. The molecule has 0 N–H and O–H groups in total. The van der Waals surface area contributed by atoms with E-state index in [1.807, 2.05) is 29.0 Å². The number of hydrogen-bond acceptors (Lipinski definition) is 3. The largest absolute Gasteiger partial charge is 0.338 e. The molecule has 0 spiro atoms. The number of aromatic nitrogens is 3. The topological polar surface area (TPSA) is 51.0 Å². The summed E-state index contributed by atoms with van der Waals surface area (Å²) >= 11 is 0. The maximum absolute atomic E-state index is 12.5. The van der Waals surface area contributed by atoms with Crippen molar-refractivity contribution < 1.29 is 4.79 Å². The number of amides is 1. The average molecular weight is 270 g/mol. The Balaban J connectivity index is 1.74. The van der Waals surface area contributed by atoms with Gasteiger partial charge >= 0.3 is 0 Å². The first kappa shape index (κ1) is 12.8. The predicted octanol–water partition coefficient (Wildman–Crippen LogP) is 1.83. The fourth-order valence-electron chi connectivity index (χ4n) is 2.76. The summed E-state index contributed by atoms with van der Waals surface area (Å²) in [7, 11) is 1.92. The SMILES string of the molecule is Cn1cc(C2CCCN(C(=O)c3ccncc3)C2)cn1. The first-order valence-electron chi connectivity index (χ1n) is 6.92. The summed E-state index contributed by atoms with van der Waals surface area (Å²) in [4.78, 5) is 18.4. The molecule has 5 heteroatoms. The number of pyridine rings is 1. The molecule has 5 nitrogen and oxygen atoms in total. The van der Waals surface area contributed by atoms with E-state index in [-0.39, 0.29) is 5.91 Å². The number of carbonyl (C=O) groups is 1. The van der Waals surface area contributed by atoms with Gasteiger partial charge in [-0.05, 0) is 30.5 Å². The molecule has 1 fully saturated rings. The average Bonchev–Trinajstić information content (AvgIpc) is 2.94. The first-order valence-corrected chi connectivity index (χ1v) is 6.92. The third kappa shape index (κ3) is 2.57. The highest BCUT2D eigenvalue weighted by molar-refractivity contribution is 5.94. The number of piperidine rings is 1. The number of carbonyl (C=O) groups excluding carboxylic acids is 1. The summed E-state index contributed by atoms with van der Waals surface area (Å²) in [5.74, 6) is 0.490. The van der Waals surface area contributed by atoms with Crippen LogP contribution >= 0.6 is 0 Å². The van der Waals surface area contributed by atoms with Gasteiger partial charge in [0, 0.05) is 50.2 Å². The van der Waals surface area contributed by atoms with E-state index in [0.29, 0.717) is 11.5 Å². The molecule has 0 radical (unpaired) electrons. The van der Waals surface area contributed by atoms with Gasteiger partial charge in [0.15, 0.2) is 0 Å². The van der Waals surface area contributed by atoms with Crippen LogP contribution in [0.1, 0.15) is 34.7 Å². The second-order valence-corrected chi connectivity index (χ2v) is 5.27. The summed E-state index contributed by atoms with van der Waals surface area (Å²) in [6.07, 6.45) is 9.43. The van der Waals surface area contributed by atoms with Crippen LogP contribution < -0.4 is 0 Å². The van der Waals surface area contributed by atoms with Crippen LogP contribution in [-0.2, 0) is 7.05 Å². The predicted molar refractivity (Wildman–Crippen MR) is 75.3 cm³/mol. The van der Waals surface area contributed by atoms with Crippen LogP contribution in [0, 0.1) is 0 Å². The number of rotatable bonds is 2. The monoisotopic (exact) mass is 270 g/mol. The van der Waals surface area contributed by atoms with Gasteiger partial charge < -0.3 is 4.90 Å². The standard InChI is InChI=1S/C15H18N4O/c1-18-10-14(9-17-18)13-3-2-8-19(11-13)15(20)12-4-6-16-7-5-12/h4-7,9-10,13H,2-3,8,11H2,1H3. The van der Waals surface area contributed by atoms with Crippen molar-refractivity contribution in [3.8, 4) is 0 Å². The highest BCUT2D eigenvalue weighted by Crippen LogP contribution is 2.27. The van der Waals surface area contributed by atoms with Gasteiger partial charge in [0.05, 0.1) is 6.20 Å². The Morgan fingerprint density at radius 2 is 2.15 bits per heavy atom. The Kier molecular flexibility index (Phi) is 3.50. The van der Waals surface area contributed by atoms with E-state index in [2.05, 4.69) is 10.1 Å². The number of aryl methyl sites for hydroxylation is 1. The number of hydrogen-bond donors (Lipinski definition) is 0. The molecule has 104 valence electrons. The third-order valence-electron chi connectivity index (χ3n) is 3.83. The van der Waals surface area contributed by atoms with Crippen molar-refractivity contribution in [3.05, 3.63) is 48.0 Å². The molecule has 0 aliphatic carbocycles. The minimum Gasteiger partial charge on any atom is -0.338 e. The molecular weight excluding hydrogens is 252 g/mol. The molecule has 2 aromatic heterocycles. The van der Waals surface area contributed by atoms with Crippen LogP contribution in [0.15, 0.2) is 36.9 Å². The molecule has 3 rings (SSSR count). The van der Waals surface area contributed by atoms with Crippen molar-refractivity contribution in [2.24, 2.45) is 7.05 Å². The van der Waals surface area contributed by atoms with Gasteiger partial charge in [-0.1, -0.05) is 0 Å². The highest BCUT2D eigenvalue weighted by Gasteiger charge is 2.26. The normalized spacial score (nSPS) is 19.1. The number of likely N-dealkylation sites (tertiary alicyclic amines) is 1. The van der Waals surface area contributed by atoms with Gasteiger partial charge in [0.1, 0.15) is 0 Å². The van der Waals surface area contributed by atoms with Crippen molar-refractivity contribution in [2.75, 3.05) is 13.1 Å². The maximum Gasteiger partial charge on any atom is 0.253 e. The lowest BCUT2D eigenvalue weighted by atomic mass is 9.92. The Morgan fingerprint density at radius 1 is 1.35 bits per heavy atom. The van der Waals surface area contributed by atoms with E-state index >= 15 is 0 Å². The zero-order valence-electron chi connectivity index (χ0n) is 11.6. The van der Waals surface area contributed by atoms with Gasteiger partial charge in [-0.3, -0.25) is 14.5 Å². The smallest absolute Gasteiger partial charge is 0.253 e. The minimum absolute atomic E-state index is 0.0981. The molecular formula is C15H18N4O. The third-order valence-corrected chi connectivity index (χ3v) is 3.83. The molecule has 1 saturated heterocycles. The van der Waals surface area contributed by atoms with Crippen LogP contribution in [0.5, 0.6) is 0 Å². The Hall–Kier alpha value is -2.17. The second kappa shape index (κ2) is 5.45. The van der Waals surface area contributed by atoms with Gasteiger partial charge in [-0.25, -0.2) is 0 Å². The summed E-state index contributed by atoms with van der Waals surface area (Å²) in [6.45, 7) is 1.60. The number of nitrogens with zero attached hydrogens (tertiary/aromatic N) is 4. The fraction of sp³-hybridized carbons (Fsp3) is 0.400. The first-order chi connectivity index (χ1) is 9.74. The highest BCUT2D eigenvalue weighted by atomic mass is 16.2. The molecule has 1 atom stereocenters. The van der Waals surface area contributed by atoms with Gasteiger partial charge in [0.25, 0.3) is 5.91 Å². The summed E-state index contributed by atoms with van der Waals surface area (Å²) < 4.78 is 1.82. The minimum atomic E-state index is 0.0981.